The largest absolute Gasteiger partial charge is 0.375 e. The molecule has 0 unspecified atom stereocenters. The van der Waals surface area contributed by atoms with Gasteiger partial charge >= 0.3 is 0 Å². The highest BCUT2D eigenvalue weighted by molar-refractivity contribution is 7.13. The van der Waals surface area contributed by atoms with Crippen molar-refractivity contribution in [2.24, 2.45) is 0 Å². The van der Waals surface area contributed by atoms with Gasteiger partial charge in [0.1, 0.15) is 5.69 Å². The lowest BCUT2D eigenvalue weighted by atomic mass is 10.3. The second-order valence-corrected chi connectivity index (χ2v) is 4.69. The van der Waals surface area contributed by atoms with E-state index in [1.54, 1.807) is 5.38 Å². The highest BCUT2D eigenvalue weighted by Gasteiger charge is 2.33. The predicted molar refractivity (Wildman–Crippen MR) is 60.9 cm³/mol. The van der Waals surface area contributed by atoms with Gasteiger partial charge in [-0.2, -0.15) is 0 Å². The lowest BCUT2D eigenvalue weighted by Crippen LogP contribution is -2.34. The van der Waals surface area contributed by atoms with Crippen molar-refractivity contribution in [2.75, 3.05) is 12.3 Å². The zero-order valence-electron chi connectivity index (χ0n) is 8.77. The fraction of sp³-hybridized carbons (Fsp3) is 0.600. The van der Waals surface area contributed by atoms with Crippen LogP contribution in [0.15, 0.2) is 5.38 Å². The average Bonchev–Trinajstić information content (AvgIpc) is 2.96. The normalized spacial score (nSPS) is 15.3. The van der Waals surface area contributed by atoms with Crippen LogP contribution in [0, 0.1) is 0 Å². The molecule has 1 aromatic heterocycles. The molecule has 1 aliphatic carbocycles. The molecule has 1 saturated carbocycles. The monoisotopic (exact) mass is 225 g/mol. The third-order valence-electron chi connectivity index (χ3n) is 2.45. The van der Waals surface area contributed by atoms with Crippen molar-refractivity contribution in [2.45, 2.75) is 32.2 Å². The molecule has 0 spiro atoms. The molecule has 0 aliphatic heterocycles. The Hall–Kier alpha value is -1.10. The van der Waals surface area contributed by atoms with Crippen molar-refractivity contribution in [3.63, 3.8) is 0 Å². The fourth-order valence-corrected chi connectivity index (χ4v) is 2.15. The topological polar surface area (TPSA) is 59.2 Å². The lowest BCUT2D eigenvalue weighted by molar-refractivity contribution is 0.0738. The van der Waals surface area contributed by atoms with Gasteiger partial charge in [0.25, 0.3) is 5.91 Å². The minimum atomic E-state index is 0.0345. The number of nitrogens with zero attached hydrogens (tertiary/aromatic N) is 2. The third kappa shape index (κ3) is 2.28. The first kappa shape index (κ1) is 10.4. The maximum atomic E-state index is 12.0. The highest BCUT2D eigenvalue weighted by atomic mass is 32.1. The van der Waals surface area contributed by atoms with Crippen LogP contribution < -0.4 is 5.73 Å². The number of nitrogens with two attached hydrogens (primary N) is 1. The Bertz CT molecular complexity index is 359. The molecular weight excluding hydrogens is 210 g/mol. The molecule has 1 fully saturated rings. The Morgan fingerprint density at radius 2 is 2.47 bits per heavy atom. The summed E-state index contributed by atoms with van der Waals surface area (Å²) in [5.74, 6) is 0.0345. The molecule has 1 aliphatic rings. The van der Waals surface area contributed by atoms with Gasteiger partial charge in [0, 0.05) is 18.0 Å². The number of hydrogen-bond donors (Lipinski definition) is 1. The summed E-state index contributed by atoms with van der Waals surface area (Å²) in [5.41, 5.74) is 6.02. The van der Waals surface area contributed by atoms with Gasteiger partial charge in [-0.05, 0) is 19.3 Å². The van der Waals surface area contributed by atoms with Crippen molar-refractivity contribution in [3.8, 4) is 0 Å². The summed E-state index contributed by atoms with van der Waals surface area (Å²) in [6, 6.07) is 0.445. The molecule has 1 heterocycles. The number of aromatic nitrogens is 1. The van der Waals surface area contributed by atoms with Gasteiger partial charge < -0.3 is 10.6 Å². The molecule has 5 heteroatoms. The molecule has 82 valence electrons. The highest BCUT2D eigenvalue weighted by Crippen LogP contribution is 2.28. The van der Waals surface area contributed by atoms with Gasteiger partial charge in [-0.25, -0.2) is 4.98 Å². The van der Waals surface area contributed by atoms with Gasteiger partial charge in [-0.3, -0.25) is 4.79 Å². The minimum absolute atomic E-state index is 0.0345. The number of hydrogen-bond acceptors (Lipinski definition) is 4. The first-order chi connectivity index (χ1) is 7.22. The Morgan fingerprint density at radius 3 is 2.93 bits per heavy atom. The predicted octanol–water partition coefficient (Wildman–Crippen LogP) is 1.74. The number of thiazole rings is 1. The van der Waals surface area contributed by atoms with Crippen molar-refractivity contribution in [1.82, 2.24) is 9.88 Å². The van der Waals surface area contributed by atoms with Crippen molar-refractivity contribution in [3.05, 3.63) is 11.1 Å². The molecule has 0 atom stereocenters. The summed E-state index contributed by atoms with van der Waals surface area (Å²) in [6.45, 7) is 2.90. The van der Waals surface area contributed by atoms with E-state index in [2.05, 4.69) is 11.9 Å². The van der Waals surface area contributed by atoms with E-state index in [0.717, 1.165) is 25.8 Å². The molecule has 0 radical (unpaired) electrons. The lowest BCUT2D eigenvalue weighted by Gasteiger charge is -2.20. The Labute approximate surface area is 93.1 Å². The van der Waals surface area contributed by atoms with Gasteiger partial charge in [0.15, 0.2) is 5.13 Å². The number of amides is 1. The summed E-state index contributed by atoms with van der Waals surface area (Å²) < 4.78 is 0. The first-order valence-corrected chi connectivity index (χ1v) is 6.12. The number of carbonyl (C=O) groups excluding carboxylic acids is 1. The quantitative estimate of drug-likeness (QED) is 0.849. The SMILES string of the molecule is CCCN(C(=O)c1csc(N)n1)C1CC1. The number of rotatable bonds is 4. The molecule has 15 heavy (non-hydrogen) atoms. The van der Waals surface area contributed by atoms with Crippen LogP contribution in [0.5, 0.6) is 0 Å². The molecule has 1 amide bonds. The number of nitrogen functional groups attached to an aromatic ring is 1. The van der Waals surface area contributed by atoms with Crippen LogP contribution in [0.2, 0.25) is 0 Å². The smallest absolute Gasteiger partial charge is 0.273 e. The van der Waals surface area contributed by atoms with E-state index in [0.29, 0.717) is 16.9 Å². The van der Waals surface area contributed by atoms with Crippen LogP contribution in [0.4, 0.5) is 5.13 Å². The minimum Gasteiger partial charge on any atom is -0.375 e. The van der Waals surface area contributed by atoms with Crippen LogP contribution in [0.1, 0.15) is 36.7 Å². The van der Waals surface area contributed by atoms with E-state index in [-0.39, 0.29) is 5.91 Å². The van der Waals surface area contributed by atoms with E-state index in [4.69, 9.17) is 5.73 Å². The summed E-state index contributed by atoms with van der Waals surface area (Å²) in [6.07, 6.45) is 3.25. The van der Waals surface area contributed by atoms with Crippen molar-refractivity contribution < 1.29 is 4.79 Å². The second kappa shape index (κ2) is 4.18. The summed E-state index contributed by atoms with van der Waals surface area (Å²) >= 11 is 1.32. The summed E-state index contributed by atoms with van der Waals surface area (Å²) in [5, 5.41) is 2.20. The third-order valence-corrected chi connectivity index (χ3v) is 3.13. The van der Waals surface area contributed by atoms with Gasteiger partial charge in [0.2, 0.25) is 0 Å². The van der Waals surface area contributed by atoms with Crippen LogP contribution in [0.3, 0.4) is 0 Å². The first-order valence-electron chi connectivity index (χ1n) is 5.24. The maximum absolute atomic E-state index is 12.0. The van der Waals surface area contributed by atoms with Crippen LogP contribution in [-0.4, -0.2) is 28.4 Å². The fourth-order valence-electron chi connectivity index (χ4n) is 1.61. The molecule has 0 aromatic carbocycles. The van der Waals surface area contributed by atoms with Crippen molar-refractivity contribution >= 4 is 22.4 Å². The second-order valence-electron chi connectivity index (χ2n) is 3.80. The van der Waals surface area contributed by atoms with Gasteiger partial charge in [-0.15, -0.1) is 11.3 Å². The molecule has 0 bridgehead atoms. The summed E-state index contributed by atoms with van der Waals surface area (Å²) in [4.78, 5) is 18.0. The Morgan fingerprint density at radius 1 is 1.73 bits per heavy atom. The van der Waals surface area contributed by atoms with E-state index in [1.807, 2.05) is 4.90 Å². The molecular formula is C10H15N3OS. The number of anilines is 1. The maximum Gasteiger partial charge on any atom is 0.273 e. The van der Waals surface area contributed by atoms with Crippen LogP contribution in [-0.2, 0) is 0 Å². The van der Waals surface area contributed by atoms with E-state index >= 15 is 0 Å². The average molecular weight is 225 g/mol. The van der Waals surface area contributed by atoms with Crippen molar-refractivity contribution in [1.29, 1.82) is 0 Å². The van der Waals surface area contributed by atoms with Crippen LogP contribution >= 0.6 is 11.3 Å². The standard InChI is InChI=1S/C10H15N3OS/c1-2-5-13(7-3-4-7)9(14)8-6-15-10(11)12-8/h6-7H,2-5H2,1H3,(H2,11,12). The van der Waals surface area contributed by atoms with E-state index in [9.17, 15) is 4.79 Å². The molecule has 2 rings (SSSR count). The molecule has 2 N–H and O–H groups in total. The zero-order valence-corrected chi connectivity index (χ0v) is 9.59. The Kier molecular flexibility index (Phi) is 2.90. The Balaban J connectivity index is 2.10. The number of carbonyl (C=O) groups is 1. The van der Waals surface area contributed by atoms with Crippen LogP contribution in [0.25, 0.3) is 0 Å². The summed E-state index contributed by atoms with van der Waals surface area (Å²) in [7, 11) is 0. The molecule has 4 nitrogen and oxygen atoms in total. The van der Waals surface area contributed by atoms with Gasteiger partial charge in [0.05, 0.1) is 0 Å². The molecule has 0 saturated heterocycles. The molecule has 1 aromatic rings. The van der Waals surface area contributed by atoms with Gasteiger partial charge in [-0.1, -0.05) is 6.92 Å². The van der Waals surface area contributed by atoms with E-state index < -0.39 is 0 Å². The zero-order chi connectivity index (χ0) is 10.8. The van der Waals surface area contributed by atoms with E-state index in [1.165, 1.54) is 11.3 Å².